The van der Waals surface area contributed by atoms with Crippen molar-refractivity contribution in [3.63, 3.8) is 0 Å². The number of hydroxylamine groups is 1. The highest BCUT2D eigenvalue weighted by atomic mass is 79.9. The Morgan fingerprint density at radius 1 is 1.40 bits per heavy atom. The lowest BCUT2D eigenvalue weighted by Gasteiger charge is -2.25. The number of nitrogens with zero attached hydrogens (tertiary/aromatic N) is 2. The fraction of sp³-hybridized carbons (Fsp3) is 0.400. The molecule has 110 valence electrons. The Kier molecular flexibility index (Phi) is 4.37. The van der Waals surface area contributed by atoms with Crippen LogP contribution in [0.15, 0.2) is 21.5 Å². The van der Waals surface area contributed by atoms with Crippen LogP contribution in [0, 0.1) is 15.9 Å². The van der Waals surface area contributed by atoms with Crippen molar-refractivity contribution in [2.24, 2.45) is 0 Å². The molecular weight excluding hydrogens is 359 g/mol. The molecule has 20 heavy (non-hydrogen) atoms. The first-order valence-electron chi connectivity index (χ1n) is 5.63. The van der Waals surface area contributed by atoms with Gasteiger partial charge in [-0.15, -0.1) is 0 Å². The molecule has 0 atom stereocenters. The second kappa shape index (κ2) is 5.72. The zero-order valence-electron chi connectivity index (χ0n) is 10.1. The van der Waals surface area contributed by atoms with Crippen LogP contribution in [0.4, 0.5) is 10.1 Å². The maximum Gasteiger partial charge on any atom is 0.272 e. The van der Waals surface area contributed by atoms with Gasteiger partial charge in [0.1, 0.15) is 4.90 Å². The average Bonchev–Trinajstić information content (AvgIpc) is 2.42. The number of benzene rings is 1. The van der Waals surface area contributed by atoms with Crippen LogP contribution in [-0.2, 0) is 14.9 Å². The number of sulfonamides is 1. The van der Waals surface area contributed by atoms with E-state index < -0.39 is 31.3 Å². The van der Waals surface area contributed by atoms with Gasteiger partial charge in [-0.3, -0.25) is 15.0 Å². The summed E-state index contributed by atoms with van der Waals surface area (Å²) in [5.74, 6) is -1.08. The smallest absolute Gasteiger partial charge is 0.272 e. The van der Waals surface area contributed by atoms with Crippen LogP contribution in [0.5, 0.6) is 0 Å². The van der Waals surface area contributed by atoms with Crippen LogP contribution in [0.1, 0.15) is 12.8 Å². The third-order valence-corrected chi connectivity index (χ3v) is 4.96. The van der Waals surface area contributed by atoms with Gasteiger partial charge in [-0.25, -0.2) is 12.8 Å². The van der Waals surface area contributed by atoms with Crippen molar-refractivity contribution in [1.29, 1.82) is 0 Å². The van der Waals surface area contributed by atoms with Crippen molar-refractivity contribution >= 4 is 31.6 Å². The van der Waals surface area contributed by atoms with Gasteiger partial charge in [0.2, 0.25) is 0 Å². The lowest BCUT2D eigenvalue weighted by Crippen LogP contribution is -2.36. The minimum Gasteiger partial charge on any atom is -0.284 e. The van der Waals surface area contributed by atoms with Gasteiger partial charge in [-0.05, 0) is 28.8 Å². The summed E-state index contributed by atoms with van der Waals surface area (Å²) in [6, 6.07) is 1.60. The molecule has 0 amide bonds. The summed E-state index contributed by atoms with van der Waals surface area (Å²) >= 11 is 2.78. The summed E-state index contributed by atoms with van der Waals surface area (Å²) < 4.78 is 38.9. The van der Waals surface area contributed by atoms with E-state index in [1.165, 1.54) is 0 Å². The first kappa shape index (κ1) is 15.3. The molecule has 1 aliphatic rings. The fourth-order valence-electron chi connectivity index (χ4n) is 1.72. The monoisotopic (exact) mass is 368 g/mol. The molecule has 0 spiro atoms. The Morgan fingerprint density at radius 2 is 2.10 bits per heavy atom. The molecule has 1 aromatic carbocycles. The summed E-state index contributed by atoms with van der Waals surface area (Å²) in [7, 11) is -4.27. The number of halogens is 2. The Bertz CT molecular complexity index is 645. The fourth-order valence-corrected chi connectivity index (χ4v) is 3.70. The Labute approximate surface area is 122 Å². The molecule has 10 heteroatoms. The Hall–Kier alpha value is -1.10. The number of rotatable bonds is 3. The molecule has 0 aromatic heterocycles. The van der Waals surface area contributed by atoms with Crippen molar-refractivity contribution in [2.45, 2.75) is 17.7 Å². The highest BCUT2D eigenvalue weighted by molar-refractivity contribution is 9.10. The SMILES string of the molecule is O=[N+]([O-])c1cc(Br)c(F)c(S(=O)(=O)N2CCCCO2)c1. The summed E-state index contributed by atoms with van der Waals surface area (Å²) in [4.78, 5) is 14.2. The maximum absolute atomic E-state index is 14.0. The van der Waals surface area contributed by atoms with Crippen LogP contribution < -0.4 is 0 Å². The van der Waals surface area contributed by atoms with E-state index in [2.05, 4.69) is 15.9 Å². The largest absolute Gasteiger partial charge is 0.284 e. The first-order chi connectivity index (χ1) is 9.34. The highest BCUT2D eigenvalue weighted by Crippen LogP contribution is 2.31. The van der Waals surface area contributed by atoms with Crippen LogP contribution in [0.2, 0.25) is 0 Å². The van der Waals surface area contributed by atoms with Gasteiger partial charge < -0.3 is 0 Å². The lowest BCUT2D eigenvalue weighted by molar-refractivity contribution is -0.385. The van der Waals surface area contributed by atoms with Crippen molar-refractivity contribution in [2.75, 3.05) is 13.2 Å². The van der Waals surface area contributed by atoms with Gasteiger partial charge in [-0.1, -0.05) is 4.47 Å². The molecule has 0 unspecified atom stereocenters. The molecule has 0 N–H and O–H groups in total. The second-order valence-corrected chi connectivity index (χ2v) is 6.72. The minimum atomic E-state index is -4.27. The molecule has 7 nitrogen and oxygen atoms in total. The lowest BCUT2D eigenvalue weighted by atomic mass is 10.3. The molecule has 0 aliphatic carbocycles. The van der Waals surface area contributed by atoms with E-state index in [9.17, 15) is 22.9 Å². The third kappa shape index (κ3) is 2.82. The van der Waals surface area contributed by atoms with Crippen LogP contribution in [-0.4, -0.2) is 31.0 Å². The van der Waals surface area contributed by atoms with Crippen molar-refractivity contribution in [1.82, 2.24) is 4.47 Å². The zero-order chi connectivity index (χ0) is 14.9. The van der Waals surface area contributed by atoms with Crippen LogP contribution in [0.25, 0.3) is 0 Å². The maximum atomic E-state index is 14.0. The van der Waals surface area contributed by atoms with Gasteiger partial charge in [-0.2, -0.15) is 0 Å². The van der Waals surface area contributed by atoms with Crippen LogP contribution >= 0.6 is 15.9 Å². The molecule has 1 saturated heterocycles. The molecular formula is C10H10BrFN2O5S. The van der Waals surface area contributed by atoms with Crippen molar-refractivity contribution < 1.29 is 22.6 Å². The van der Waals surface area contributed by atoms with E-state index in [4.69, 9.17) is 4.84 Å². The van der Waals surface area contributed by atoms with Crippen LogP contribution in [0.3, 0.4) is 0 Å². The molecule has 1 aliphatic heterocycles. The normalized spacial score (nSPS) is 17.1. The van der Waals surface area contributed by atoms with Gasteiger partial charge in [0, 0.05) is 18.7 Å². The summed E-state index contributed by atoms with van der Waals surface area (Å²) in [5, 5.41) is 10.7. The van der Waals surface area contributed by atoms with E-state index >= 15 is 0 Å². The molecule has 1 fully saturated rings. The quantitative estimate of drug-likeness (QED) is 0.602. The highest BCUT2D eigenvalue weighted by Gasteiger charge is 2.32. The number of nitro benzene ring substituents is 1. The van der Waals surface area contributed by atoms with Gasteiger partial charge in [0.25, 0.3) is 15.7 Å². The predicted molar refractivity (Wildman–Crippen MR) is 69.8 cm³/mol. The van der Waals surface area contributed by atoms with E-state index in [0.29, 0.717) is 23.4 Å². The molecule has 1 heterocycles. The first-order valence-corrected chi connectivity index (χ1v) is 7.86. The predicted octanol–water partition coefficient (Wildman–Crippen LogP) is 2.21. The van der Waals surface area contributed by atoms with E-state index in [0.717, 1.165) is 6.07 Å². The number of nitro groups is 1. The van der Waals surface area contributed by atoms with E-state index in [1.807, 2.05) is 0 Å². The van der Waals surface area contributed by atoms with Gasteiger partial charge in [0.05, 0.1) is 16.0 Å². The summed E-state index contributed by atoms with van der Waals surface area (Å²) in [6.45, 7) is 0.291. The topological polar surface area (TPSA) is 89.8 Å². The second-order valence-electron chi connectivity index (χ2n) is 4.07. The van der Waals surface area contributed by atoms with Crippen molar-refractivity contribution in [3.8, 4) is 0 Å². The van der Waals surface area contributed by atoms with Crippen molar-refractivity contribution in [3.05, 3.63) is 32.5 Å². The van der Waals surface area contributed by atoms with Gasteiger partial charge in [0.15, 0.2) is 5.82 Å². The molecule has 0 bridgehead atoms. The zero-order valence-corrected chi connectivity index (χ0v) is 12.5. The van der Waals surface area contributed by atoms with E-state index in [1.54, 1.807) is 0 Å². The van der Waals surface area contributed by atoms with E-state index in [-0.39, 0.29) is 17.6 Å². The minimum absolute atomic E-state index is 0.0854. The van der Waals surface area contributed by atoms with Gasteiger partial charge >= 0.3 is 0 Å². The third-order valence-electron chi connectivity index (χ3n) is 2.71. The number of non-ortho nitro benzene ring substituents is 1. The number of hydrogen-bond acceptors (Lipinski definition) is 5. The summed E-state index contributed by atoms with van der Waals surface area (Å²) in [6.07, 6.45) is 1.28. The molecule has 2 rings (SSSR count). The standard InChI is InChI=1S/C10H10BrFN2O5S/c11-8-5-7(14(15)16)6-9(10(8)12)20(17,18)13-3-1-2-4-19-13/h5-6H,1-4H2. The Morgan fingerprint density at radius 3 is 2.65 bits per heavy atom. The summed E-state index contributed by atoms with van der Waals surface area (Å²) in [5.41, 5.74) is -0.520. The number of hydrogen-bond donors (Lipinski definition) is 0. The Balaban J connectivity index is 2.52. The average molecular weight is 369 g/mol. The molecule has 0 radical (unpaired) electrons. The molecule has 0 saturated carbocycles. The molecule has 1 aromatic rings.